The maximum Gasteiger partial charge on any atom is 0.111 e. The van der Waals surface area contributed by atoms with E-state index in [-0.39, 0.29) is 0 Å². The average Bonchev–Trinajstić information content (AvgIpc) is 2.79. The lowest BCUT2D eigenvalue weighted by Crippen LogP contribution is -2.08. The molecule has 0 unspecified atom stereocenters. The van der Waals surface area contributed by atoms with E-state index in [1.165, 1.54) is 11.1 Å². The standard InChI is InChI=1S/C17H18ClN3/c1-12-5-6-16-14(10-12)20-17(7-8-18)21(16)11-15-13(2)4-3-9-19-15/h3-6,9-10H,7-8,11H2,1-2H3. The van der Waals surface area contributed by atoms with Crippen LogP contribution in [0.4, 0.5) is 0 Å². The van der Waals surface area contributed by atoms with Crippen molar-refractivity contribution >= 4 is 22.6 Å². The molecule has 2 heterocycles. The summed E-state index contributed by atoms with van der Waals surface area (Å²) in [4.78, 5) is 9.24. The van der Waals surface area contributed by atoms with Gasteiger partial charge in [0, 0.05) is 18.5 Å². The number of hydrogen-bond acceptors (Lipinski definition) is 2. The molecule has 0 spiro atoms. The molecule has 0 amide bonds. The number of alkyl halides is 1. The molecule has 0 saturated heterocycles. The molecule has 108 valence electrons. The number of imidazole rings is 1. The topological polar surface area (TPSA) is 30.7 Å². The lowest BCUT2D eigenvalue weighted by molar-refractivity contribution is 0.733. The van der Waals surface area contributed by atoms with Crippen LogP contribution in [0, 0.1) is 13.8 Å². The van der Waals surface area contributed by atoms with Gasteiger partial charge >= 0.3 is 0 Å². The highest BCUT2D eigenvalue weighted by Crippen LogP contribution is 2.20. The van der Waals surface area contributed by atoms with E-state index in [2.05, 4.69) is 47.7 Å². The minimum atomic E-state index is 0.573. The van der Waals surface area contributed by atoms with Gasteiger partial charge in [0.2, 0.25) is 0 Å². The molecule has 0 N–H and O–H groups in total. The minimum absolute atomic E-state index is 0.573. The number of aromatic nitrogens is 3. The van der Waals surface area contributed by atoms with Crippen molar-refractivity contribution in [1.82, 2.24) is 14.5 Å². The first-order chi connectivity index (χ1) is 10.2. The number of aryl methyl sites for hydroxylation is 3. The summed E-state index contributed by atoms with van der Waals surface area (Å²) in [6.45, 7) is 4.91. The highest BCUT2D eigenvalue weighted by molar-refractivity contribution is 6.17. The Hall–Kier alpha value is -1.87. The Balaban J connectivity index is 2.11. The van der Waals surface area contributed by atoms with Crippen LogP contribution < -0.4 is 0 Å². The van der Waals surface area contributed by atoms with E-state index >= 15 is 0 Å². The van der Waals surface area contributed by atoms with Gasteiger partial charge < -0.3 is 4.57 Å². The predicted octanol–water partition coefficient (Wildman–Crippen LogP) is 3.88. The lowest BCUT2D eigenvalue weighted by Gasteiger charge is -2.10. The van der Waals surface area contributed by atoms with Crippen LogP contribution in [-0.2, 0) is 13.0 Å². The van der Waals surface area contributed by atoms with Crippen molar-refractivity contribution in [3.05, 3.63) is 59.2 Å². The summed E-state index contributed by atoms with van der Waals surface area (Å²) in [5.74, 6) is 1.60. The van der Waals surface area contributed by atoms with E-state index in [1.54, 1.807) is 0 Å². The summed E-state index contributed by atoms with van der Waals surface area (Å²) >= 11 is 5.93. The van der Waals surface area contributed by atoms with Crippen LogP contribution in [0.1, 0.15) is 22.6 Å². The molecule has 0 atom stereocenters. The Labute approximate surface area is 129 Å². The number of rotatable bonds is 4. The Bertz CT molecular complexity index is 777. The van der Waals surface area contributed by atoms with Crippen LogP contribution in [0.3, 0.4) is 0 Å². The van der Waals surface area contributed by atoms with Gasteiger partial charge in [0.25, 0.3) is 0 Å². The summed E-state index contributed by atoms with van der Waals surface area (Å²) in [5.41, 5.74) is 5.67. The van der Waals surface area contributed by atoms with E-state index in [0.717, 1.165) is 35.5 Å². The van der Waals surface area contributed by atoms with Crippen molar-refractivity contribution in [2.75, 3.05) is 5.88 Å². The van der Waals surface area contributed by atoms with Crippen LogP contribution in [0.25, 0.3) is 11.0 Å². The van der Waals surface area contributed by atoms with Gasteiger partial charge in [-0.1, -0.05) is 12.1 Å². The fourth-order valence-corrected chi connectivity index (χ4v) is 2.74. The van der Waals surface area contributed by atoms with Crippen LogP contribution in [0.5, 0.6) is 0 Å². The maximum atomic E-state index is 5.93. The van der Waals surface area contributed by atoms with Gasteiger partial charge in [0.15, 0.2) is 0 Å². The van der Waals surface area contributed by atoms with Gasteiger partial charge in [0.05, 0.1) is 23.3 Å². The van der Waals surface area contributed by atoms with Crippen LogP contribution in [-0.4, -0.2) is 20.4 Å². The first-order valence-corrected chi connectivity index (χ1v) is 7.64. The summed E-state index contributed by atoms with van der Waals surface area (Å²) in [5, 5.41) is 0. The second kappa shape index (κ2) is 5.86. The smallest absolute Gasteiger partial charge is 0.111 e. The van der Waals surface area contributed by atoms with Crippen molar-refractivity contribution < 1.29 is 0 Å². The predicted molar refractivity (Wildman–Crippen MR) is 87.0 cm³/mol. The molecule has 0 bridgehead atoms. The van der Waals surface area contributed by atoms with Gasteiger partial charge in [0.1, 0.15) is 5.82 Å². The molecular weight excluding hydrogens is 282 g/mol. The van der Waals surface area contributed by atoms with Crippen molar-refractivity contribution in [3.63, 3.8) is 0 Å². The SMILES string of the molecule is Cc1ccc2c(c1)nc(CCCl)n2Cc1ncccc1C. The average molecular weight is 300 g/mol. The summed E-state index contributed by atoms with van der Waals surface area (Å²) in [6.07, 6.45) is 2.61. The van der Waals surface area contributed by atoms with Gasteiger partial charge in [-0.3, -0.25) is 4.98 Å². The maximum absolute atomic E-state index is 5.93. The second-order valence-electron chi connectivity index (χ2n) is 5.31. The molecule has 3 nitrogen and oxygen atoms in total. The molecule has 0 aliphatic carbocycles. The normalized spacial score (nSPS) is 11.2. The van der Waals surface area contributed by atoms with E-state index < -0.39 is 0 Å². The number of benzene rings is 1. The van der Waals surface area contributed by atoms with Gasteiger partial charge in [-0.25, -0.2) is 4.98 Å². The number of fused-ring (bicyclic) bond motifs is 1. The molecule has 4 heteroatoms. The van der Waals surface area contributed by atoms with Gasteiger partial charge in [-0.05, 0) is 43.2 Å². The number of hydrogen-bond donors (Lipinski definition) is 0. The van der Waals surface area contributed by atoms with Crippen molar-refractivity contribution in [2.45, 2.75) is 26.8 Å². The molecule has 0 aliphatic heterocycles. The molecular formula is C17H18ClN3. The molecule has 21 heavy (non-hydrogen) atoms. The first-order valence-electron chi connectivity index (χ1n) is 7.11. The van der Waals surface area contributed by atoms with E-state index in [9.17, 15) is 0 Å². The van der Waals surface area contributed by atoms with E-state index in [0.29, 0.717) is 5.88 Å². The van der Waals surface area contributed by atoms with E-state index in [1.807, 2.05) is 12.3 Å². The Kier molecular flexibility index (Phi) is 3.93. The molecule has 3 aromatic rings. The first kappa shape index (κ1) is 14.1. The number of nitrogens with zero attached hydrogens (tertiary/aromatic N) is 3. The second-order valence-corrected chi connectivity index (χ2v) is 5.69. The Morgan fingerprint density at radius 2 is 2.05 bits per heavy atom. The Morgan fingerprint density at radius 3 is 2.81 bits per heavy atom. The zero-order valence-corrected chi connectivity index (χ0v) is 13.1. The van der Waals surface area contributed by atoms with Crippen molar-refractivity contribution in [3.8, 4) is 0 Å². The quantitative estimate of drug-likeness (QED) is 0.685. The molecule has 2 aromatic heterocycles. The summed E-state index contributed by atoms with van der Waals surface area (Å²) in [6, 6.07) is 10.4. The minimum Gasteiger partial charge on any atom is -0.322 e. The summed E-state index contributed by atoms with van der Waals surface area (Å²) < 4.78 is 2.23. The van der Waals surface area contributed by atoms with Gasteiger partial charge in [-0.15, -0.1) is 11.6 Å². The summed E-state index contributed by atoms with van der Waals surface area (Å²) in [7, 11) is 0. The zero-order valence-electron chi connectivity index (χ0n) is 12.3. The third kappa shape index (κ3) is 2.79. The molecule has 1 aromatic carbocycles. The van der Waals surface area contributed by atoms with Crippen molar-refractivity contribution in [1.29, 1.82) is 0 Å². The monoisotopic (exact) mass is 299 g/mol. The molecule has 0 fully saturated rings. The van der Waals surface area contributed by atoms with Gasteiger partial charge in [-0.2, -0.15) is 0 Å². The highest BCUT2D eigenvalue weighted by atomic mass is 35.5. The fourth-order valence-electron chi connectivity index (χ4n) is 2.58. The van der Waals surface area contributed by atoms with E-state index in [4.69, 9.17) is 16.6 Å². The van der Waals surface area contributed by atoms with Crippen LogP contribution in [0.15, 0.2) is 36.5 Å². The third-order valence-electron chi connectivity index (χ3n) is 3.73. The van der Waals surface area contributed by atoms with Crippen LogP contribution in [0.2, 0.25) is 0 Å². The molecule has 0 saturated carbocycles. The molecule has 3 rings (SSSR count). The number of pyridine rings is 1. The largest absolute Gasteiger partial charge is 0.322 e. The highest BCUT2D eigenvalue weighted by Gasteiger charge is 2.12. The zero-order chi connectivity index (χ0) is 14.8. The fraction of sp³-hybridized carbons (Fsp3) is 0.294. The Morgan fingerprint density at radius 1 is 1.19 bits per heavy atom. The number of halogens is 1. The van der Waals surface area contributed by atoms with Crippen LogP contribution >= 0.6 is 11.6 Å². The lowest BCUT2D eigenvalue weighted by atomic mass is 10.2. The molecule has 0 radical (unpaired) electrons. The van der Waals surface area contributed by atoms with Crippen molar-refractivity contribution in [2.24, 2.45) is 0 Å². The molecule has 0 aliphatic rings. The third-order valence-corrected chi connectivity index (χ3v) is 3.92.